The van der Waals surface area contributed by atoms with Gasteiger partial charge in [-0.05, 0) is 36.2 Å². The van der Waals surface area contributed by atoms with Crippen LogP contribution in [0.4, 0.5) is 0 Å². The Balaban J connectivity index is 1.23. The van der Waals surface area contributed by atoms with Crippen LogP contribution in [0.1, 0.15) is 34.9 Å². The molecule has 27 heavy (non-hydrogen) atoms. The number of fused-ring (bicyclic) bond motifs is 2. The van der Waals surface area contributed by atoms with Crippen LogP contribution in [-0.2, 0) is 17.8 Å². The third-order valence-electron chi connectivity index (χ3n) is 5.25. The molecule has 2 bridgehead atoms. The van der Waals surface area contributed by atoms with E-state index in [9.17, 15) is 9.59 Å². The van der Waals surface area contributed by atoms with Gasteiger partial charge in [-0.25, -0.2) is 0 Å². The van der Waals surface area contributed by atoms with E-state index in [-0.39, 0.29) is 30.0 Å². The summed E-state index contributed by atoms with van der Waals surface area (Å²) < 4.78 is 5.00. The largest absolute Gasteiger partial charge is 0.352 e. The second kappa shape index (κ2) is 7.73. The van der Waals surface area contributed by atoms with Gasteiger partial charge in [0.15, 0.2) is 5.82 Å². The SMILES string of the molecule is O=C(Cc1noc(C(=O)NCC2CC3C=CC2C3)n1)NCc1ccccc1. The van der Waals surface area contributed by atoms with Gasteiger partial charge >= 0.3 is 11.8 Å². The molecule has 1 fully saturated rings. The van der Waals surface area contributed by atoms with E-state index in [0.717, 1.165) is 12.0 Å². The first-order chi connectivity index (χ1) is 13.2. The van der Waals surface area contributed by atoms with Gasteiger partial charge in [-0.2, -0.15) is 4.98 Å². The first kappa shape index (κ1) is 17.5. The summed E-state index contributed by atoms with van der Waals surface area (Å²) >= 11 is 0. The van der Waals surface area contributed by atoms with Crippen LogP contribution >= 0.6 is 0 Å². The van der Waals surface area contributed by atoms with Crippen LogP contribution in [-0.4, -0.2) is 28.5 Å². The molecule has 7 heteroatoms. The lowest BCUT2D eigenvalue weighted by Gasteiger charge is -2.17. The van der Waals surface area contributed by atoms with Gasteiger partial charge in [0, 0.05) is 13.1 Å². The van der Waals surface area contributed by atoms with Crippen LogP contribution < -0.4 is 10.6 Å². The van der Waals surface area contributed by atoms with Gasteiger partial charge in [-0.15, -0.1) is 0 Å². The Bertz CT molecular complexity index is 846. The van der Waals surface area contributed by atoms with Crippen molar-refractivity contribution in [2.75, 3.05) is 6.54 Å². The molecule has 1 heterocycles. The highest BCUT2D eigenvalue weighted by atomic mass is 16.5. The average Bonchev–Trinajstić information content (AvgIpc) is 3.42. The van der Waals surface area contributed by atoms with Crippen LogP contribution in [0.5, 0.6) is 0 Å². The minimum absolute atomic E-state index is 0.0270. The molecule has 1 aromatic heterocycles. The van der Waals surface area contributed by atoms with Crippen molar-refractivity contribution in [1.82, 2.24) is 20.8 Å². The van der Waals surface area contributed by atoms with Crippen molar-refractivity contribution in [3.8, 4) is 0 Å². The Labute approximate surface area is 157 Å². The van der Waals surface area contributed by atoms with Gasteiger partial charge in [0.25, 0.3) is 0 Å². The number of rotatable bonds is 7. The smallest absolute Gasteiger partial charge is 0.315 e. The van der Waals surface area contributed by atoms with Gasteiger partial charge in [0.05, 0.1) is 6.42 Å². The lowest BCUT2D eigenvalue weighted by molar-refractivity contribution is -0.120. The van der Waals surface area contributed by atoms with E-state index in [1.165, 1.54) is 6.42 Å². The van der Waals surface area contributed by atoms with Crippen molar-refractivity contribution >= 4 is 11.8 Å². The van der Waals surface area contributed by atoms with E-state index < -0.39 is 0 Å². The molecule has 4 rings (SSSR count). The number of carbonyl (C=O) groups excluding carboxylic acids is 2. The first-order valence-electron chi connectivity index (χ1n) is 9.27. The maximum Gasteiger partial charge on any atom is 0.315 e. The van der Waals surface area contributed by atoms with Gasteiger partial charge in [-0.3, -0.25) is 9.59 Å². The summed E-state index contributed by atoms with van der Waals surface area (Å²) in [6, 6.07) is 9.62. The summed E-state index contributed by atoms with van der Waals surface area (Å²) in [5.41, 5.74) is 1.01. The standard InChI is InChI=1S/C20H22N4O3/c25-18(21-11-13-4-2-1-3-5-13)10-17-23-20(27-24-17)19(26)22-12-16-9-14-6-7-15(16)8-14/h1-7,14-16H,8-12H2,(H,21,25)(H,22,26). The molecule has 0 radical (unpaired) electrons. The highest BCUT2D eigenvalue weighted by molar-refractivity contribution is 5.89. The number of nitrogens with zero attached hydrogens (tertiary/aromatic N) is 2. The van der Waals surface area contributed by atoms with Crippen molar-refractivity contribution in [3.63, 3.8) is 0 Å². The Morgan fingerprint density at radius 1 is 1.11 bits per heavy atom. The molecule has 2 aromatic rings. The Morgan fingerprint density at radius 3 is 2.70 bits per heavy atom. The maximum atomic E-state index is 12.2. The summed E-state index contributed by atoms with van der Waals surface area (Å²) in [4.78, 5) is 28.2. The van der Waals surface area contributed by atoms with E-state index >= 15 is 0 Å². The number of aromatic nitrogens is 2. The monoisotopic (exact) mass is 366 g/mol. The molecule has 2 aliphatic carbocycles. The molecule has 2 amide bonds. The summed E-state index contributed by atoms with van der Waals surface area (Å²) in [5.74, 6) is 1.22. The molecule has 140 valence electrons. The van der Waals surface area contributed by atoms with Gasteiger partial charge in [0.1, 0.15) is 0 Å². The molecule has 0 saturated heterocycles. The number of amides is 2. The number of carbonyl (C=O) groups is 2. The third-order valence-corrected chi connectivity index (χ3v) is 5.25. The summed E-state index contributed by atoms with van der Waals surface area (Å²) in [6.45, 7) is 1.04. The topological polar surface area (TPSA) is 97.1 Å². The zero-order valence-corrected chi connectivity index (χ0v) is 14.9. The lowest BCUT2D eigenvalue weighted by Crippen LogP contribution is -2.31. The molecular formula is C20H22N4O3. The zero-order chi connectivity index (χ0) is 18.6. The second-order valence-electron chi connectivity index (χ2n) is 7.21. The van der Waals surface area contributed by atoms with Crippen molar-refractivity contribution < 1.29 is 14.1 Å². The predicted molar refractivity (Wildman–Crippen MR) is 97.5 cm³/mol. The van der Waals surface area contributed by atoms with E-state index in [1.54, 1.807) is 0 Å². The predicted octanol–water partition coefficient (Wildman–Crippen LogP) is 1.87. The number of allylic oxidation sites excluding steroid dienone is 2. The molecule has 0 aliphatic heterocycles. The molecule has 0 spiro atoms. The van der Waals surface area contributed by atoms with E-state index in [0.29, 0.717) is 30.8 Å². The van der Waals surface area contributed by atoms with E-state index in [1.807, 2.05) is 30.3 Å². The van der Waals surface area contributed by atoms with Crippen molar-refractivity contribution in [3.05, 3.63) is 59.8 Å². The number of benzene rings is 1. The number of nitrogens with one attached hydrogen (secondary N) is 2. The highest BCUT2D eigenvalue weighted by Crippen LogP contribution is 2.42. The van der Waals surface area contributed by atoms with Gasteiger partial charge < -0.3 is 15.2 Å². The Morgan fingerprint density at radius 2 is 1.96 bits per heavy atom. The molecule has 2 aliphatic rings. The average molecular weight is 366 g/mol. The molecule has 1 saturated carbocycles. The molecule has 1 aromatic carbocycles. The molecule has 7 nitrogen and oxygen atoms in total. The summed E-state index contributed by atoms with van der Waals surface area (Å²) in [7, 11) is 0. The lowest BCUT2D eigenvalue weighted by atomic mass is 9.94. The molecule has 3 atom stereocenters. The minimum Gasteiger partial charge on any atom is -0.352 e. The van der Waals surface area contributed by atoms with Crippen molar-refractivity contribution in [2.24, 2.45) is 17.8 Å². The second-order valence-corrected chi connectivity index (χ2v) is 7.21. The van der Waals surface area contributed by atoms with Crippen LogP contribution in [0, 0.1) is 17.8 Å². The summed E-state index contributed by atoms with van der Waals surface area (Å²) in [5, 5.41) is 9.40. The van der Waals surface area contributed by atoms with Gasteiger partial charge in [-0.1, -0.05) is 47.6 Å². The first-order valence-corrected chi connectivity index (χ1v) is 9.27. The molecular weight excluding hydrogens is 344 g/mol. The Hall–Kier alpha value is -2.96. The fraction of sp³-hybridized carbons (Fsp3) is 0.400. The van der Waals surface area contributed by atoms with E-state index in [2.05, 4.69) is 32.9 Å². The van der Waals surface area contributed by atoms with Crippen LogP contribution in [0.25, 0.3) is 0 Å². The van der Waals surface area contributed by atoms with Crippen molar-refractivity contribution in [1.29, 1.82) is 0 Å². The van der Waals surface area contributed by atoms with Crippen molar-refractivity contribution in [2.45, 2.75) is 25.8 Å². The minimum atomic E-state index is -0.384. The summed E-state index contributed by atoms with van der Waals surface area (Å²) in [6.07, 6.45) is 6.82. The van der Waals surface area contributed by atoms with Crippen LogP contribution in [0.2, 0.25) is 0 Å². The third kappa shape index (κ3) is 4.24. The molecule has 2 N–H and O–H groups in total. The normalized spacial score (nSPS) is 22.7. The quantitative estimate of drug-likeness (QED) is 0.729. The maximum absolute atomic E-state index is 12.2. The Kier molecular flexibility index (Phi) is 5.00. The fourth-order valence-corrected chi connectivity index (χ4v) is 3.85. The number of hydrogen-bond donors (Lipinski definition) is 2. The van der Waals surface area contributed by atoms with Crippen LogP contribution in [0.15, 0.2) is 47.0 Å². The van der Waals surface area contributed by atoms with Crippen LogP contribution in [0.3, 0.4) is 0 Å². The fourth-order valence-electron chi connectivity index (χ4n) is 3.85. The number of hydrogen-bond acceptors (Lipinski definition) is 5. The zero-order valence-electron chi connectivity index (χ0n) is 14.9. The molecule has 3 unspecified atom stereocenters. The highest BCUT2D eigenvalue weighted by Gasteiger charge is 2.35. The van der Waals surface area contributed by atoms with E-state index in [4.69, 9.17) is 4.52 Å². The van der Waals surface area contributed by atoms with Gasteiger partial charge in [0.2, 0.25) is 5.91 Å².